The lowest BCUT2D eigenvalue weighted by molar-refractivity contribution is 0.0697. The van der Waals surface area contributed by atoms with Gasteiger partial charge in [-0.25, -0.2) is 18.4 Å². The number of primary sulfonamides is 1. The fourth-order valence-electron chi connectivity index (χ4n) is 1.88. The highest BCUT2D eigenvalue weighted by Crippen LogP contribution is 2.23. The van der Waals surface area contributed by atoms with Crippen molar-refractivity contribution in [3.63, 3.8) is 0 Å². The molecule has 6 nitrogen and oxygen atoms in total. The van der Waals surface area contributed by atoms with E-state index < -0.39 is 16.0 Å². The molecule has 4 N–H and O–H groups in total. The van der Waals surface area contributed by atoms with Gasteiger partial charge in [-0.15, -0.1) is 11.3 Å². The van der Waals surface area contributed by atoms with E-state index in [1.807, 2.05) is 0 Å². The Morgan fingerprint density at radius 2 is 2.14 bits per heavy atom. The molecule has 0 saturated heterocycles. The van der Waals surface area contributed by atoms with Crippen molar-refractivity contribution in [1.82, 2.24) is 0 Å². The Hall–Kier alpha value is -1.90. The Labute approximate surface area is 126 Å². The van der Waals surface area contributed by atoms with Crippen molar-refractivity contribution >= 4 is 33.0 Å². The first-order chi connectivity index (χ1) is 9.79. The molecule has 0 aliphatic heterocycles. The third-order valence-corrected chi connectivity index (χ3v) is 4.94. The first-order valence-corrected chi connectivity index (χ1v) is 8.38. The van der Waals surface area contributed by atoms with Gasteiger partial charge in [-0.2, -0.15) is 0 Å². The first kappa shape index (κ1) is 15.5. The molecule has 21 heavy (non-hydrogen) atoms. The number of nitrogens with one attached hydrogen (secondary N) is 1. The highest BCUT2D eigenvalue weighted by Gasteiger charge is 2.14. The molecule has 1 aromatic carbocycles. The van der Waals surface area contributed by atoms with E-state index in [9.17, 15) is 13.2 Å². The van der Waals surface area contributed by atoms with Crippen LogP contribution in [0.1, 0.15) is 20.8 Å². The maximum absolute atomic E-state index is 11.4. The van der Waals surface area contributed by atoms with Crippen LogP contribution in [-0.4, -0.2) is 19.5 Å². The van der Waals surface area contributed by atoms with E-state index in [-0.39, 0.29) is 10.5 Å². The maximum Gasteiger partial charge on any atom is 0.336 e. The summed E-state index contributed by atoms with van der Waals surface area (Å²) in [6.45, 7) is 2.08. The molecule has 1 aromatic heterocycles. The van der Waals surface area contributed by atoms with Crippen LogP contribution in [0.5, 0.6) is 0 Å². The molecule has 0 radical (unpaired) electrons. The number of hydrogen-bond donors (Lipinski definition) is 3. The number of carboxylic acid groups (broad SMARTS) is 1. The van der Waals surface area contributed by atoms with E-state index >= 15 is 0 Å². The molecular formula is C13H14N2O4S2. The molecule has 0 atom stereocenters. The van der Waals surface area contributed by atoms with Gasteiger partial charge >= 0.3 is 5.97 Å². The van der Waals surface area contributed by atoms with Crippen LogP contribution in [0.15, 0.2) is 34.5 Å². The summed E-state index contributed by atoms with van der Waals surface area (Å²) in [5.41, 5.74) is 1.42. The molecule has 0 saturated carbocycles. The summed E-state index contributed by atoms with van der Waals surface area (Å²) >= 11 is 1.33. The summed E-state index contributed by atoms with van der Waals surface area (Å²) < 4.78 is 22.9. The van der Waals surface area contributed by atoms with Gasteiger partial charge in [0.2, 0.25) is 10.0 Å². The number of hydrogen-bond acceptors (Lipinski definition) is 5. The zero-order valence-corrected chi connectivity index (χ0v) is 12.8. The second kappa shape index (κ2) is 5.84. The summed E-state index contributed by atoms with van der Waals surface area (Å²) in [7, 11) is -3.76. The Morgan fingerprint density at radius 1 is 1.43 bits per heavy atom. The third-order valence-electron chi connectivity index (χ3n) is 2.94. The summed E-state index contributed by atoms with van der Waals surface area (Å²) in [5, 5.41) is 18.7. The van der Waals surface area contributed by atoms with Crippen LogP contribution < -0.4 is 10.5 Å². The molecule has 2 aromatic rings. The molecule has 2 rings (SSSR count). The third kappa shape index (κ3) is 3.60. The molecule has 8 heteroatoms. The van der Waals surface area contributed by atoms with Crippen LogP contribution in [0, 0.1) is 6.92 Å². The smallest absolute Gasteiger partial charge is 0.336 e. The predicted molar refractivity (Wildman–Crippen MR) is 81.2 cm³/mol. The van der Waals surface area contributed by atoms with E-state index in [4.69, 9.17) is 10.2 Å². The molecule has 0 bridgehead atoms. The van der Waals surface area contributed by atoms with Crippen molar-refractivity contribution in [2.75, 3.05) is 5.32 Å². The van der Waals surface area contributed by atoms with Gasteiger partial charge < -0.3 is 10.4 Å². The Kier molecular flexibility index (Phi) is 4.31. The second-order valence-electron chi connectivity index (χ2n) is 4.43. The number of carbonyl (C=O) groups is 1. The standard InChI is InChI=1S/C13H14N2O4S2/c1-8-11(3-2-4-12(8)21(14,18)19)15-6-10-5-9(7-20-10)13(16)17/h2-5,7,15H,6H2,1H3,(H,16,17)(H2,14,18,19). The van der Waals surface area contributed by atoms with Crippen molar-refractivity contribution < 1.29 is 18.3 Å². The van der Waals surface area contributed by atoms with E-state index in [1.165, 1.54) is 17.4 Å². The molecule has 0 spiro atoms. The molecule has 0 unspecified atom stereocenters. The highest BCUT2D eigenvalue weighted by molar-refractivity contribution is 7.89. The number of nitrogens with two attached hydrogens (primary N) is 1. The quantitative estimate of drug-likeness (QED) is 0.778. The largest absolute Gasteiger partial charge is 0.478 e. The van der Waals surface area contributed by atoms with Crippen molar-refractivity contribution in [2.24, 2.45) is 5.14 Å². The zero-order valence-electron chi connectivity index (χ0n) is 11.2. The van der Waals surface area contributed by atoms with Crippen molar-refractivity contribution in [3.05, 3.63) is 45.6 Å². The van der Waals surface area contributed by atoms with Crippen molar-refractivity contribution in [2.45, 2.75) is 18.4 Å². The number of sulfonamides is 1. The fourth-order valence-corrected chi connectivity index (χ4v) is 3.48. The SMILES string of the molecule is Cc1c(NCc2cc(C(=O)O)cs2)cccc1S(N)(=O)=O. The maximum atomic E-state index is 11.4. The minimum atomic E-state index is -3.76. The Balaban J connectivity index is 2.18. The topological polar surface area (TPSA) is 109 Å². The average molecular weight is 326 g/mol. The van der Waals surface area contributed by atoms with Gasteiger partial charge in [0, 0.05) is 22.5 Å². The number of carboxylic acids is 1. The molecule has 1 heterocycles. The normalized spacial score (nSPS) is 11.3. The van der Waals surface area contributed by atoms with E-state index in [2.05, 4.69) is 5.32 Å². The molecular weight excluding hydrogens is 312 g/mol. The minimum absolute atomic E-state index is 0.0740. The Bertz CT molecular complexity index is 781. The summed E-state index contributed by atoms with van der Waals surface area (Å²) in [4.78, 5) is 11.7. The monoisotopic (exact) mass is 326 g/mol. The van der Waals surface area contributed by atoms with Crippen molar-refractivity contribution in [1.29, 1.82) is 0 Å². The van der Waals surface area contributed by atoms with Gasteiger partial charge in [0.1, 0.15) is 0 Å². The molecule has 0 amide bonds. The minimum Gasteiger partial charge on any atom is -0.478 e. The first-order valence-electron chi connectivity index (χ1n) is 5.96. The highest BCUT2D eigenvalue weighted by atomic mass is 32.2. The Morgan fingerprint density at radius 3 is 2.71 bits per heavy atom. The number of rotatable bonds is 5. The lowest BCUT2D eigenvalue weighted by Gasteiger charge is -2.11. The summed E-state index contributed by atoms with van der Waals surface area (Å²) in [6, 6.07) is 6.38. The van der Waals surface area contributed by atoms with Gasteiger partial charge in [-0.1, -0.05) is 6.07 Å². The van der Waals surface area contributed by atoms with Crippen LogP contribution in [0.25, 0.3) is 0 Å². The van der Waals surface area contributed by atoms with Crippen LogP contribution >= 0.6 is 11.3 Å². The zero-order chi connectivity index (χ0) is 15.6. The number of aromatic carboxylic acids is 1. The molecule has 0 aliphatic carbocycles. The van der Waals surface area contributed by atoms with Gasteiger partial charge in [0.05, 0.1) is 10.5 Å². The van der Waals surface area contributed by atoms with E-state index in [0.717, 1.165) is 4.88 Å². The van der Waals surface area contributed by atoms with Crippen LogP contribution in [0.2, 0.25) is 0 Å². The number of benzene rings is 1. The van der Waals surface area contributed by atoms with Gasteiger partial charge in [-0.05, 0) is 30.7 Å². The molecule has 0 aliphatic rings. The molecule has 0 fully saturated rings. The second-order valence-corrected chi connectivity index (χ2v) is 6.96. The number of anilines is 1. The van der Waals surface area contributed by atoms with Crippen molar-refractivity contribution in [3.8, 4) is 0 Å². The lowest BCUT2D eigenvalue weighted by Crippen LogP contribution is -2.14. The fraction of sp³-hybridized carbons (Fsp3) is 0.154. The van der Waals surface area contributed by atoms with Gasteiger partial charge in [0.25, 0.3) is 0 Å². The number of thiophene rings is 1. The van der Waals surface area contributed by atoms with Crippen LogP contribution in [0.4, 0.5) is 5.69 Å². The van der Waals surface area contributed by atoms with Crippen LogP contribution in [-0.2, 0) is 16.6 Å². The predicted octanol–water partition coefficient (Wildman–Crippen LogP) is 2.01. The molecule has 112 valence electrons. The van der Waals surface area contributed by atoms with E-state index in [1.54, 1.807) is 30.5 Å². The van der Waals surface area contributed by atoms with Crippen LogP contribution in [0.3, 0.4) is 0 Å². The lowest BCUT2D eigenvalue weighted by atomic mass is 10.2. The average Bonchev–Trinajstić information content (AvgIpc) is 2.85. The van der Waals surface area contributed by atoms with Gasteiger partial charge in [-0.3, -0.25) is 0 Å². The van der Waals surface area contributed by atoms with Gasteiger partial charge in [0.15, 0.2) is 0 Å². The van der Waals surface area contributed by atoms with E-state index in [0.29, 0.717) is 17.8 Å². The summed E-state index contributed by atoms with van der Waals surface area (Å²) in [6.07, 6.45) is 0. The summed E-state index contributed by atoms with van der Waals surface area (Å²) in [5.74, 6) is -0.968.